The van der Waals surface area contributed by atoms with Crippen LogP contribution in [0.4, 0.5) is 10.1 Å². The van der Waals surface area contributed by atoms with Crippen molar-refractivity contribution >= 4 is 23.5 Å². The van der Waals surface area contributed by atoms with Crippen molar-refractivity contribution in [3.05, 3.63) is 65.5 Å². The normalized spacial score (nSPS) is 9.92. The summed E-state index contributed by atoms with van der Waals surface area (Å²) in [4.78, 5) is 34.7. The van der Waals surface area contributed by atoms with Crippen LogP contribution in [0.3, 0.4) is 0 Å². The molecule has 0 unspecified atom stereocenters. The van der Waals surface area contributed by atoms with Crippen LogP contribution in [-0.2, 0) is 14.3 Å². The average Bonchev–Trinajstić information content (AvgIpc) is 2.59. The Morgan fingerprint density at radius 3 is 2.33 bits per heavy atom. The zero-order valence-electron chi connectivity index (χ0n) is 12.7. The maximum Gasteiger partial charge on any atom is 0.338 e. The Morgan fingerprint density at radius 2 is 1.71 bits per heavy atom. The van der Waals surface area contributed by atoms with Crippen LogP contribution in [0.1, 0.15) is 20.7 Å². The first kappa shape index (κ1) is 17.1. The number of carbonyl (C=O) groups excluding carboxylic acids is 3. The Morgan fingerprint density at radius 1 is 1.00 bits per heavy atom. The zero-order valence-corrected chi connectivity index (χ0v) is 12.7. The predicted octanol–water partition coefficient (Wildman–Crippen LogP) is 2.41. The lowest BCUT2D eigenvalue weighted by Gasteiger charge is -2.07. The van der Waals surface area contributed by atoms with E-state index in [1.165, 1.54) is 49.6 Å². The average molecular weight is 331 g/mol. The minimum Gasteiger partial charge on any atom is -0.465 e. The molecule has 2 rings (SSSR count). The van der Waals surface area contributed by atoms with E-state index < -0.39 is 30.3 Å². The molecule has 0 radical (unpaired) electrons. The number of esters is 2. The van der Waals surface area contributed by atoms with Crippen LogP contribution in [0.25, 0.3) is 0 Å². The number of amides is 1. The molecule has 2 aromatic rings. The van der Waals surface area contributed by atoms with Gasteiger partial charge in [-0.3, -0.25) is 4.79 Å². The van der Waals surface area contributed by atoms with Crippen molar-refractivity contribution < 1.29 is 28.2 Å². The number of hydrogen-bond donors (Lipinski definition) is 1. The van der Waals surface area contributed by atoms with Gasteiger partial charge < -0.3 is 14.8 Å². The fraction of sp³-hybridized carbons (Fsp3) is 0.118. The zero-order chi connectivity index (χ0) is 17.5. The molecule has 0 aliphatic carbocycles. The number of benzene rings is 2. The highest BCUT2D eigenvalue weighted by atomic mass is 19.1. The second-order valence-corrected chi connectivity index (χ2v) is 4.70. The molecule has 124 valence electrons. The molecule has 6 nitrogen and oxygen atoms in total. The van der Waals surface area contributed by atoms with Gasteiger partial charge >= 0.3 is 11.9 Å². The van der Waals surface area contributed by atoms with Gasteiger partial charge in [0, 0.05) is 5.69 Å². The maximum atomic E-state index is 13.0. The smallest absolute Gasteiger partial charge is 0.338 e. The summed E-state index contributed by atoms with van der Waals surface area (Å²) >= 11 is 0. The van der Waals surface area contributed by atoms with Gasteiger partial charge in [0.2, 0.25) is 0 Å². The quantitative estimate of drug-likeness (QED) is 0.851. The van der Waals surface area contributed by atoms with E-state index in [1.807, 2.05) is 0 Å². The maximum absolute atomic E-state index is 13.0. The first-order chi connectivity index (χ1) is 11.5. The van der Waals surface area contributed by atoms with Crippen LogP contribution >= 0.6 is 0 Å². The van der Waals surface area contributed by atoms with E-state index in [9.17, 15) is 18.8 Å². The summed E-state index contributed by atoms with van der Waals surface area (Å²) in [6, 6.07) is 11.0. The lowest BCUT2D eigenvalue weighted by Crippen LogP contribution is -2.21. The largest absolute Gasteiger partial charge is 0.465 e. The summed E-state index contributed by atoms with van der Waals surface area (Å²) in [6.45, 7) is -0.520. The van der Waals surface area contributed by atoms with Gasteiger partial charge in [0.15, 0.2) is 6.61 Å². The Kier molecular flexibility index (Phi) is 5.62. The van der Waals surface area contributed by atoms with E-state index in [4.69, 9.17) is 4.74 Å². The van der Waals surface area contributed by atoms with Gasteiger partial charge in [-0.1, -0.05) is 6.07 Å². The molecule has 0 saturated heterocycles. The highest BCUT2D eigenvalue weighted by Crippen LogP contribution is 2.10. The molecule has 0 heterocycles. The number of carbonyl (C=O) groups is 3. The molecule has 1 amide bonds. The first-order valence-corrected chi connectivity index (χ1v) is 6.90. The van der Waals surface area contributed by atoms with Crippen molar-refractivity contribution in [3.8, 4) is 0 Å². The third-order valence-electron chi connectivity index (χ3n) is 2.98. The molecule has 0 aromatic heterocycles. The van der Waals surface area contributed by atoms with Crippen molar-refractivity contribution in [2.24, 2.45) is 0 Å². The number of nitrogens with one attached hydrogen (secondary N) is 1. The van der Waals surface area contributed by atoms with E-state index >= 15 is 0 Å². The van der Waals surface area contributed by atoms with Crippen molar-refractivity contribution in [1.82, 2.24) is 0 Å². The molecular formula is C17H14FNO5. The number of rotatable bonds is 5. The highest BCUT2D eigenvalue weighted by Gasteiger charge is 2.11. The number of methoxy groups -OCH3 is 1. The van der Waals surface area contributed by atoms with Crippen molar-refractivity contribution in [1.29, 1.82) is 0 Å². The summed E-state index contributed by atoms with van der Waals surface area (Å²) in [7, 11) is 1.27. The minimum absolute atomic E-state index is 0.0187. The van der Waals surface area contributed by atoms with Crippen molar-refractivity contribution in [2.45, 2.75) is 0 Å². The Bertz CT molecular complexity index is 758. The van der Waals surface area contributed by atoms with Crippen LogP contribution < -0.4 is 5.32 Å². The summed E-state index contributed by atoms with van der Waals surface area (Å²) in [6.07, 6.45) is 0. The fourth-order valence-corrected chi connectivity index (χ4v) is 1.83. The molecule has 0 saturated carbocycles. The summed E-state index contributed by atoms with van der Waals surface area (Å²) < 4.78 is 22.4. The molecular weight excluding hydrogens is 317 g/mol. The van der Waals surface area contributed by atoms with E-state index in [2.05, 4.69) is 10.1 Å². The molecule has 2 aromatic carbocycles. The van der Waals surface area contributed by atoms with Gasteiger partial charge in [0.25, 0.3) is 5.91 Å². The van der Waals surface area contributed by atoms with E-state index in [0.717, 1.165) is 6.07 Å². The molecule has 7 heteroatoms. The van der Waals surface area contributed by atoms with Crippen LogP contribution in [0, 0.1) is 5.82 Å². The van der Waals surface area contributed by atoms with E-state index in [-0.39, 0.29) is 5.56 Å². The minimum atomic E-state index is -0.800. The number of halogens is 1. The van der Waals surface area contributed by atoms with Crippen LogP contribution in [0.2, 0.25) is 0 Å². The van der Waals surface area contributed by atoms with Gasteiger partial charge in [-0.05, 0) is 42.5 Å². The number of ether oxygens (including phenoxy) is 2. The van der Waals surface area contributed by atoms with Gasteiger partial charge in [0.1, 0.15) is 5.82 Å². The fourth-order valence-electron chi connectivity index (χ4n) is 1.83. The molecule has 0 bridgehead atoms. The molecule has 0 atom stereocenters. The second-order valence-electron chi connectivity index (χ2n) is 4.70. The molecule has 0 spiro atoms. The molecule has 0 aliphatic heterocycles. The van der Waals surface area contributed by atoms with Crippen LogP contribution in [0.15, 0.2) is 48.5 Å². The molecule has 0 aliphatic rings. The van der Waals surface area contributed by atoms with Gasteiger partial charge in [-0.15, -0.1) is 0 Å². The van der Waals surface area contributed by atoms with Gasteiger partial charge in [0.05, 0.1) is 18.2 Å². The highest BCUT2D eigenvalue weighted by molar-refractivity contribution is 5.96. The third kappa shape index (κ3) is 4.64. The number of hydrogen-bond acceptors (Lipinski definition) is 5. The SMILES string of the molecule is COC(=O)c1ccc(NC(=O)COC(=O)c2cccc(F)c2)cc1. The standard InChI is InChI=1S/C17H14FNO5/c1-23-16(21)11-5-7-14(8-6-11)19-15(20)10-24-17(22)12-3-2-4-13(18)9-12/h2-9H,10H2,1H3,(H,19,20). The first-order valence-electron chi connectivity index (χ1n) is 6.90. The van der Waals surface area contributed by atoms with E-state index in [1.54, 1.807) is 0 Å². The topological polar surface area (TPSA) is 81.7 Å². The summed E-state index contributed by atoms with van der Waals surface area (Å²) in [5.41, 5.74) is 0.785. The number of anilines is 1. The molecule has 0 fully saturated rings. The van der Waals surface area contributed by atoms with E-state index in [0.29, 0.717) is 11.3 Å². The monoisotopic (exact) mass is 331 g/mol. The molecule has 24 heavy (non-hydrogen) atoms. The lowest BCUT2D eigenvalue weighted by atomic mass is 10.2. The second kappa shape index (κ2) is 7.87. The van der Waals surface area contributed by atoms with Crippen molar-refractivity contribution in [2.75, 3.05) is 19.0 Å². The Labute approximate surface area is 137 Å². The summed E-state index contributed by atoms with van der Waals surface area (Å²) in [5, 5.41) is 2.50. The Hall–Kier alpha value is -3.22. The molecule has 1 N–H and O–H groups in total. The van der Waals surface area contributed by atoms with Gasteiger partial charge in [-0.2, -0.15) is 0 Å². The predicted molar refractivity (Wildman–Crippen MR) is 83.1 cm³/mol. The lowest BCUT2D eigenvalue weighted by molar-refractivity contribution is -0.119. The van der Waals surface area contributed by atoms with Gasteiger partial charge in [-0.25, -0.2) is 14.0 Å². The third-order valence-corrected chi connectivity index (χ3v) is 2.98. The van der Waals surface area contributed by atoms with Crippen molar-refractivity contribution in [3.63, 3.8) is 0 Å². The van der Waals surface area contributed by atoms with Crippen LogP contribution in [0.5, 0.6) is 0 Å². The Balaban J connectivity index is 1.87. The van der Waals surface area contributed by atoms with Crippen LogP contribution in [-0.4, -0.2) is 31.6 Å². The summed E-state index contributed by atoms with van der Waals surface area (Å²) in [5.74, 6) is -2.42.